The van der Waals surface area contributed by atoms with E-state index in [9.17, 15) is 0 Å². The van der Waals surface area contributed by atoms with Gasteiger partial charge in [0.25, 0.3) is 0 Å². The van der Waals surface area contributed by atoms with Gasteiger partial charge in [-0.2, -0.15) is 0 Å². The molecule has 0 atom stereocenters. The lowest BCUT2D eigenvalue weighted by Crippen LogP contribution is -2.06. The van der Waals surface area contributed by atoms with Crippen molar-refractivity contribution >= 4 is 22.6 Å². The first kappa shape index (κ1) is 9.81. The van der Waals surface area contributed by atoms with E-state index in [0.29, 0.717) is 5.92 Å². The van der Waals surface area contributed by atoms with Gasteiger partial charge in [0.15, 0.2) is 0 Å². The molecule has 2 nitrogen and oxygen atoms in total. The highest BCUT2D eigenvalue weighted by molar-refractivity contribution is 14.1. The monoisotopic (exact) mass is 252 g/mol. The quantitative estimate of drug-likeness (QED) is 0.580. The Balaban J connectivity index is 4.34. The molecule has 0 aromatic rings. The number of allylic oxidation sites excluding steroid dienone is 3. The van der Waals surface area contributed by atoms with Crippen molar-refractivity contribution < 1.29 is 0 Å². The van der Waals surface area contributed by atoms with Crippen molar-refractivity contribution in [3.8, 4) is 0 Å². The highest BCUT2D eigenvalue weighted by Gasteiger charge is 2.00. The second-order valence-corrected chi connectivity index (χ2v) is 3.48. The predicted octanol–water partition coefficient (Wildman–Crippen LogP) is 1.72. The Morgan fingerprint density at radius 3 is 2.30 bits per heavy atom. The molecule has 58 valence electrons. The molecule has 0 aromatic heterocycles. The van der Waals surface area contributed by atoms with Gasteiger partial charge in [-0.05, 0) is 40.8 Å². The molecule has 0 heterocycles. The Morgan fingerprint density at radius 2 is 2.00 bits per heavy atom. The van der Waals surface area contributed by atoms with Crippen molar-refractivity contribution in [1.82, 2.24) is 0 Å². The van der Waals surface area contributed by atoms with Crippen LogP contribution in [0.1, 0.15) is 13.8 Å². The second kappa shape index (κ2) is 4.60. The zero-order valence-corrected chi connectivity index (χ0v) is 8.42. The molecule has 0 aromatic carbocycles. The van der Waals surface area contributed by atoms with E-state index in [-0.39, 0.29) is 0 Å². The molecule has 0 bridgehead atoms. The van der Waals surface area contributed by atoms with E-state index < -0.39 is 0 Å². The third kappa shape index (κ3) is 3.10. The first-order valence-electron chi connectivity index (χ1n) is 3.13. The molecule has 0 fully saturated rings. The third-order valence-electron chi connectivity index (χ3n) is 1.14. The zero-order valence-electron chi connectivity index (χ0n) is 6.26. The summed E-state index contributed by atoms with van der Waals surface area (Å²) in [6.45, 7) is 4.11. The van der Waals surface area contributed by atoms with Gasteiger partial charge in [0.2, 0.25) is 0 Å². The fourth-order valence-electron chi connectivity index (χ4n) is 0.456. The van der Waals surface area contributed by atoms with Crippen molar-refractivity contribution in [3.63, 3.8) is 0 Å². The minimum Gasteiger partial charge on any atom is -0.405 e. The number of halogens is 1. The minimum absolute atomic E-state index is 0.392. The fourth-order valence-corrected chi connectivity index (χ4v) is 1.29. The summed E-state index contributed by atoms with van der Waals surface area (Å²) < 4.78 is 1.02. The fraction of sp³-hybridized carbons (Fsp3) is 0.429. The first-order chi connectivity index (χ1) is 4.59. The minimum atomic E-state index is 0.392. The molecule has 0 spiro atoms. The van der Waals surface area contributed by atoms with Crippen LogP contribution in [0.15, 0.2) is 21.6 Å². The Bertz CT molecular complexity index is 159. The molecule has 0 radical (unpaired) electrons. The van der Waals surface area contributed by atoms with Gasteiger partial charge in [-0.1, -0.05) is 13.8 Å². The number of nitrogens with two attached hydrogens (primary N) is 2. The molecule has 0 saturated heterocycles. The SMILES string of the molecule is CC(C)/C(N)=C(I)/C=C\N. The van der Waals surface area contributed by atoms with Crippen LogP contribution in [-0.4, -0.2) is 0 Å². The maximum Gasteiger partial charge on any atom is 0.0334 e. The van der Waals surface area contributed by atoms with Gasteiger partial charge in [-0.3, -0.25) is 0 Å². The Labute approximate surface area is 75.5 Å². The van der Waals surface area contributed by atoms with Crippen molar-refractivity contribution in [2.75, 3.05) is 0 Å². The lowest BCUT2D eigenvalue weighted by molar-refractivity contribution is 0.756. The van der Waals surface area contributed by atoms with Crippen LogP contribution in [0.5, 0.6) is 0 Å². The number of hydrogen-bond acceptors (Lipinski definition) is 2. The Hall–Kier alpha value is -0.190. The standard InChI is InChI=1S/C7H13IN2/c1-5(2)7(10)6(8)3-4-9/h3-5H,9-10H2,1-2H3/b4-3-,7-6+. The Kier molecular flexibility index (Phi) is 4.51. The normalized spacial score (nSPS) is 14.4. The molecule has 10 heavy (non-hydrogen) atoms. The van der Waals surface area contributed by atoms with Crippen LogP contribution in [0.25, 0.3) is 0 Å². The maximum absolute atomic E-state index is 5.71. The molecule has 0 unspecified atom stereocenters. The van der Waals surface area contributed by atoms with Crippen LogP contribution in [0.4, 0.5) is 0 Å². The largest absolute Gasteiger partial charge is 0.405 e. The van der Waals surface area contributed by atoms with Gasteiger partial charge in [-0.15, -0.1) is 0 Å². The van der Waals surface area contributed by atoms with Crippen LogP contribution in [0, 0.1) is 5.92 Å². The van der Waals surface area contributed by atoms with Crippen LogP contribution in [-0.2, 0) is 0 Å². The molecular formula is C7H13IN2. The van der Waals surface area contributed by atoms with E-state index in [1.54, 1.807) is 6.08 Å². The van der Waals surface area contributed by atoms with Crippen LogP contribution >= 0.6 is 22.6 Å². The van der Waals surface area contributed by atoms with Crippen LogP contribution < -0.4 is 11.5 Å². The van der Waals surface area contributed by atoms with Gasteiger partial charge in [-0.25, -0.2) is 0 Å². The van der Waals surface area contributed by atoms with E-state index in [2.05, 4.69) is 36.4 Å². The average molecular weight is 252 g/mol. The van der Waals surface area contributed by atoms with Crippen LogP contribution in [0.3, 0.4) is 0 Å². The molecule has 0 aliphatic carbocycles. The van der Waals surface area contributed by atoms with E-state index in [4.69, 9.17) is 11.5 Å². The highest BCUT2D eigenvalue weighted by atomic mass is 127. The average Bonchev–Trinajstić information content (AvgIpc) is 1.87. The lowest BCUT2D eigenvalue weighted by Gasteiger charge is -2.05. The van der Waals surface area contributed by atoms with Crippen LogP contribution in [0.2, 0.25) is 0 Å². The summed E-state index contributed by atoms with van der Waals surface area (Å²) in [6.07, 6.45) is 3.30. The van der Waals surface area contributed by atoms with Gasteiger partial charge in [0.1, 0.15) is 0 Å². The summed E-state index contributed by atoms with van der Waals surface area (Å²) in [7, 11) is 0. The molecule has 0 saturated carbocycles. The van der Waals surface area contributed by atoms with Gasteiger partial charge < -0.3 is 11.5 Å². The zero-order chi connectivity index (χ0) is 8.15. The predicted molar refractivity (Wildman–Crippen MR) is 53.4 cm³/mol. The topological polar surface area (TPSA) is 52.0 Å². The number of rotatable bonds is 2. The van der Waals surface area contributed by atoms with Crippen molar-refractivity contribution in [2.45, 2.75) is 13.8 Å². The van der Waals surface area contributed by atoms with E-state index >= 15 is 0 Å². The van der Waals surface area contributed by atoms with Crippen molar-refractivity contribution in [2.24, 2.45) is 17.4 Å². The maximum atomic E-state index is 5.71. The summed E-state index contributed by atoms with van der Waals surface area (Å²) in [6, 6.07) is 0. The van der Waals surface area contributed by atoms with Gasteiger partial charge >= 0.3 is 0 Å². The van der Waals surface area contributed by atoms with Crippen molar-refractivity contribution in [3.05, 3.63) is 21.6 Å². The first-order valence-corrected chi connectivity index (χ1v) is 4.21. The van der Waals surface area contributed by atoms with Gasteiger partial charge in [0, 0.05) is 9.28 Å². The summed E-state index contributed by atoms with van der Waals surface area (Å²) in [5.41, 5.74) is 11.8. The molecule has 0 amide bonds. The molecule has 0 rings (SSSR count). The summed E-state index contributed by atoms with van der Waals surface area (Å²) in [4.78, 5) is 0. The molecule has 0 aliphatic rings. The smallest absolute Gasteiger partial charge is 0.0334 e. The van der Waals surface area contributed by atoms with E-state index in [0.717, 1.165) is 9.28 Å². The summed E-state index contributed by atoms with van der Waals surface area (Å²) in [5, 5.41) is 0. The number of hydrogen-bond donors (Lipinski definition) is 2. The van der Waals surface area contributed by atoms with Crippen molar-refractivity contribution in [1.29, 1.82) is 0 Å². The second-order valence-electron chi connectivity index (χ2n) is 2.32. The summed E-state index contributed by atoms with van der Waals surface area (Å²) >= 11 is 2.17. The molecule has 4 N–H and O–H groups in total. The third-order valence-corrected chi connectivity index (χ3v) is 2.12. The molecule has 3 heteroatoms. The summed E-state index contributed by atoms with van der Waals surface area (Å²) in [5.74, 6) is 0.392. The molecule has 0 aliphatic heterocycles. The lowest BCUT2D eigenvalue weighted by atomic mass is 10.1. The molecular weight excluding hydrogens is 239 g/mol. The Morgan fingerprint density at radius 1 is 1.50 bits per heavy atom. The van der Waals surface area contributed by atoms with E-state index in [1.807, 2.05) is 0 Å². The van der Waals surface area contributed by atoms with Gasteiger partial charge in [0.05, 0.1) is 0 Å². The highest BCUT2D eigenvalue weighted by Crippen LogP contribution is 2.15. The van der Waals surface area contributed by atoms with E-state index in [1.165, 1.54) is 6.20 Å².